The number of nitrogens with two attached hydrogens (primary N) is 1. The second-order valence-corrected chi connectivity index (χ2v) is 5.04. The van der Waals surface area contributed by atoms with Gasteiger partial charge in [-0.15, -0.1) is 0 Å². The molecule has 0 bridgehead atoms. The summed E-state index contributed by atoms with van der Waals surface area (Å²) in [5.74, 6) is -0.283. The molecule has 4 N–H and O–H groups in total. The highest BCUT2D eigenvalue weighted by Gasteiger charge is 2.14. The van der Waals surface area contributed by atoms with E-state index in [0.29, 0.717) is 22.7 Å². The van der Waals surface area contributed by atoms with E-state index in [0.717, 1.165) is 10.9 Å². The SMILES string of the molecule is COc1ccc2[nH]c(C(=O)NC(=O)c3ccc(N)cc3)cc2c1. The highest BCUT2D eigenvalue weighted by atomic mass is 16.5. The lowest BCUT2D eigenvalue weighted by atomic mass is 10.2. The van der Waals surface area contributed by atoms with Crippen molar-refractivity contribution in [3.8, 4) is 5.75 Å². The molecule has 0 saturated heterocycles. The van der Waals surface area contributed by atoms with Gasteiger partial charge in [-0.05, 0) is 48.5 Å². The highest BCUT2D eigenvalue weighted by molar-refractivity contribution is 6.11. The van der Waals surface area contributed by atoms with Crippen molar-refractivity contribution in [2.75, 3.05) is 12.8 Å². The number of hydrogen-bond acceptors (Lipinski definition) is 4. The fourth-order valence-electron chi connectivity index (χ4n) is 2.24. The number of methoxy groups -OCH3 is 1. The number of carbonyl (C=O) groups is 2. The fraction of sp³-hybridized carbons (Fsp3) is 0.0588. The monoisotopic (exact) mass is 309 g/mol. The predicted molar refractivity (Wildman–Crippen MR) is 87.5 cm³/mol. The maximum absolute atomic E-state index is 12.2. The minimum absolute atomic E-state index is 0.303. The van der Waals surface area contributed by atoms with E-state index in [4.69, 9.17) is 10.5 Å². The van der Waals surface area contributed by atoms with Crippen LogP contribution in [0.15, 0.2) is 48.5 Å². The second kappa shape index (κ2) is 5.84. The number of anilines is 1. The van der Waals surface area contributed by atoms with Crippen molar-refractivity contribution in [1.29, 1.82) is 0 Å². The molecule has 0 aliphatic rings. The van der Waals surface area contributed by atoms with Crippen LogP contribution in [0.2, 0.25) is 0 Å². The van der Waals surface area contributed by atoms with Crippen molar-refractivity contribution in [2.24, 2.45) is 0 Å². The summed E-state index contributed by atoms with van der Waals surface area (Å²) in [4.78, 5) is 27.2. The molecule has 6 heteroatoms. The number of H-pyrrole nitrogens is 1. The van der Waals surface area contributed by atoms with E-state index in [1.54, 1.807) is 43.5 Å². The number of aromatic amines is 1. The van der Waals surface area contributed by atoms with Gasteiger partial charge in [0.15, 0.2) is 0 Å². The molecule has 116 valence electrons. The molecule has 0 saturated carbocycles. The van der Waals surface area contributed by atoms with Gasteiger partial charge in [0.1, 0.15) is 11.4 Å². The van der Waals surface area contributed by atoms with E-state index in [2.05, 4.69) is 10.3 Å². The molecular formula is C17H15N3O3. The zero-order valence-corrected chi connectivity index (χ0v) is 12.4. The maximum Gasteiger partial charge on any atom is 0.274 e. The zero-order valence-electron chi connectivity index (χ0n) is 12.4. The third-order valence-corrected chi connectivity index (χ3v) is 3.47. The van der Waals surface area contributed by atoms with Gasteiger partial charge < -0.3 is 15.5 Å². The Hall–Kier alpha value is -3.28. The van der Waals surface area contributed by atoms with Crippen LogP contribution < -0.4 is 15.8 Å². The first-order chi connectivity index (χ1) is 11.1. The number of aromatic nitrogens is 1. The standard InChI is InChI=1S/C17H15N3O3/c1-23-13-6-7-14-11(8-13)9-15(19-14)17(22)20-16(21)10-2-4-12(18)5-3-10/h2-9,19H,18H2,1H3,(H,20,21,22). The molecule has 0 aliphatic heterocycles. The van der Waals surface area contributed by atoms with Crippen LogP contribution in [0.4, 0.5) is 5.69 Å². The van der Waals surface area contributed by atoms with Crippen LogP contribution in [0.25, 0.3) is 10.9 Å². The molecule has 0 atom stereocenters. The Kier molecular flexibility index (Phi) is 3.72. The topological polar surface area (TPSA) is 97.2 Å². The maximum atomic E-state index is 12.2. The minimum atomic E-state index is -0.498. The Bertz CT molecular complexity index is 882. The van der Waals surface area contributed by atoms with E-state index in [1.165, 1.54) is 0 Å². The van der Waals surface area contributed by atoms with Gasteiger partial charge in [0.25, 0.3) is 11.8 Å². The van der Waals surface area contributed by atoms with Crippen LogP contribution in [0.5, 0.6) is 5.75 Å². The normalized spacial score (nSPS) is 10.5. The Labute approximate surface area is 132 Å². The van der Waals surface area contributed by atoms with Gasteiger partial charge >= 0.3 is 0 Å². The number of imide groups is 1. The van der Waals surface area contributed by atoms with E-state index in [9.17, 15) is 9.59 Å². The first-order valence-corrected chi connectivity index (χ1v) is 6.95. The average molecular weight is 309 g/mol. The highest BCUT2D eigenvalue weighted by Crippen LogP contribution is 2.21. The smallest absolute Gasteiger partial charge is 0.274 e. The summed E-state index contributed by atoms with van der Waals surface area (Å²) in [5.41, 5.74) is 7.58. The number of fused-ring (bicyclic) bond motifs is 1. The molecule has 0 unspecified atom stereocenters. The number of ether oxygens (including phenoxy) is 1. The number of amides is 2. The van der Waals surface area contributed by atoms with Crippen molar-refractivity contribution in [3.63, 3.8) is 0 Å². The van der Waals surface area contributed by atoms with Crippen molar-refractivity contribution in [1.82, 2.24) is 10.3 Å². The quantitative estimate of drug-likeness (QED) is 0.511. The molecule has 2 aromatic carbocycles. The van der Waals surface area contributed by atoms with Crippen molar-refractivity contribution in [3.05, 3.63) is 59.8 Å². The Morgan fingerprint density at radius 1 is 1.04 bits per heavy atom. The van der Waals surface area contributed by atoms with Crippen molar-refractivity contribution < 1.29 is 14.3 Å². The van der Waals surface area contributed by atoms with Gasteiger partial charge in [-0.25, -0.2) is 0 Å². The largest absolute Gasteiger partial charge is 0.497 e. The van der Waals surface area contributed by atoms with Gasteiger partial charge in [-0.2, -0.15) is 0 Å². The van der Waals surface area contributed by atoms with E-state index in [-0.39, 0.29) is 0 Å². The van der Waals surface area contributed by atoms with E-state index < -0.39 is 11.8 Å². The van der Waals surface area contributed by atoms with Gasteiger partial charge in [0, 0.05) is 22.2 Å². The van der Waals surface area contributed by atoms with Crippen LogP contribution in [-0.2, 0) is 0 Å². The summed E-state index contributed by atoms with van der Waals surface area (Å²) in [6.07, 6.45) is 0. The fourth-order valence-corrected chi connectivity index (χ4v) is 2.24. The zero-order chi connectivity index (χ0) is 16.4. The minimum Gasteiger partial charge on any atom is -0.497 e. The molecule has 0 radical (unpaired) electrons. The van der Waals surface area contributed by atoms with Crippen LogP contribution in [0.3, 0.4) is 0 Å². The lowest BCUT2D eigenvalue weighted by Gasteiger charge is -2.03. The average Bonchev–Trinajstić information content (AvgIpc) is 2.98. The number of hydrogen-bond donors (Lipinski definition) is 3. The number of nitrogens with one attached hydrogen (secondary N) is 2. The van der Waals surface area contributed by atoms with Gasteiger partial charge in [-0.1, -0.05) is 0 Å². The molecule has 0 aliphatic carbocycles. The first-order valence-electron chi connectivity index (χ1n) is 6.95. The molecule has 0 spiro atoms. The number of rotatable bonds is 3. The summed E-state index contributed by atoms with van der Waals surface area (Å²) in [7, 11) is 1.58. The summed E-state index contributed by atoms with van der Waals surface area (Å²) in [6, 6.07) is 13.4. The number of benzene rings is 2. The summed E-state index contributed by atoms with van der Waals surface area (Å²) in [5, 5.41) is 3.17. The number of carbonyl (C=O) groups excluding carboxylic acids is 2. The van der Waals surface area contributed by atoms with Gasteiger partial charge in [0.2, 0.25) is 0 Å². The van der Waals surface area contributed by atoms with Crippen LogP contribution in [-0.4, -0.2) is 23.9 Å². The molecule has 3 aromatic rings. The first kappa shape index (κ1) is 14.6. The van der Waals surface area contributed by atoms with Crippen molar-refractivity contribution in [2.45, 2.75) is 0 Å². The van der Waals surface area contributed by atoms with Crippen LogP contribution >= 0.6 is 0 Å². The van der Waals surface area contributed by atoms with Gasteiger partial charge in [-0.3, -0.25) is 14.9 Å². The molecule has 1 aromatic heterocycles. The third kappa shape index (κ3) is 3.01. The molecule has 23 heavy (non-hydrogen) atoms. The molecule has 3 rings (SSSR count). The number of nitrogen functional groups attached to an aromatic ring is 1. The summed E-state index contributed by atoms with van der Waals surface area (Å²) >= 11 is 0. The van der Waals surface area contributed by atoms with E-state index >= 15 is 0 Å². The predicted octanol–water partition coefficient (Wildman–Crippen LogP) is 2.33. The van der Waals surface area contributed by atoms with Crippen LogP contribution in [0.1, 0.15) is 20.8 Å². The Morgan fingerprint density at radius 2 is 1.78 bits per heavy atom. The lowest BCUT2D eigenvalue weighted by Crippen LogP contribution is -2.30. The molecular weight excluding hydrogens is 294 g/mol. The summed E-state index contributed by atoms with van der Waals surface area (Å²) < 4.78 is 5.15. The Balaban J connectivity index is 1.80. The second-order valence-electron chi connectivity index (χ2n) is 5.04. The van der Waals surface area contributed by atoms with Gasteiger partial charge in [0.05, 0.1) is 7.11 Å². The summed E-state index contributed by atoms with van der Waals surface area (Å²) in [6.45, 7) is 0. The van der Waals surface area contributed by atoms with Crippen molar-refractivity contribution >= 4 is 28.4 Å². The Morgan fingerprint density at radius 3 is 2.48 bits per heavy atom. The molecule has 0 fully saturated rings. The molecule has 6 nitrogen and oxygen atoms in total. The molecule has 2 amide bonds. The lowest BCUT2D eigenvalue weighted by molar-refractivity contribution is 0.0847. The third-order valence-electron chi connectivity index (χ3n) is 3.47. The van der Waals surface area contributed by atoms with Crippen LogP contribution in [0, 0.1) is 0 Å². The van der Waals surface area contributed by atoms with E-state index in [1.807, 2.05) is 12.1 Å². The molecule has 1 heterocycles.